The number of rotatable bonds is 5. The SMILES string of the molecule is C[C@@H](CO)NCc1cn[nH]c1-c1cccs1. The van der Waals surface area contributed by atoms with E-state index in [1.807, 2.05) is 24.6 Å². The maximum Gasteiger partial charge on any atom is 0.0794 e. The van der Waals surface area contributed by atoms with Crippen molar-refractivity contribution >= 4 is 11.3 Å². The Morgan fingerprint density at radius 1 is 1.62 bits per heavy atom. The summed E-state index contributed by atoms with van der Waals surface area (Å²) in [5.41, 5.74) is 2.19. The van der Waals surface area contributed by atoms with Crippen LogP contribution in [0, 0.1) is 0 Å². The highest BCUT2D eigenvalue weighted by atomic mass is 32.1. The van der Waals surface area contributed by atoms with Crippen molar-refractivity contribution in [1.29, 1.82) is 0 Å². The molecule has 4 nitrogen and oxygen atoms in total. The van der Waals surface area contributed by atoms with Crippen molar-refractivity contribution in [2.45, 2.75) is 19.5 Å². The molecule has 1 atom stereocenters. The second-order valence-corrected chi connectivity index (χ2v) is 4.66. The topological polar surface area (TPSA) is 60.9 Å². The van der Waals surface area contributed by atoms with E-state index in [-0.39, 0.29) is 12.6 Å². The average molecular weight is 237 g/mol. The predicted octanol–water partition coefficient (Wildman–Crippen LogP) is 1.61. The highest BCUT2D eigenvalue weighted by Crippen LogP contribution is 2.25. The molecule has 2 heterocycles. The minimum Gasteiger partial charge on any atom is -0.395 e. The maximum atomic E-state index is 8.93. The second-order valence-electron chi connectivity index (χ2n) is 3.71. The minimum atomic E-state index is 0.103. The number of nitrogens with one attached hydrogen (secondary N) is 2. The van der Waals surface area contributed by atoms with Gasteiger partial charge in [0.15, 0.2) is 0 Å². The molecule has 0 aliphatic heterocycles. The van der Waals surface area contributed by atoms with E-state index in [4.69, 9.17) is 5.11 Å². The summed E-state index contributed by atoms with van der Waals surface area (Å²) in [5.74, 6) is 0. The highest BCUT2D eigenvalue weighted by molar-refractivity contribution is 7.13. The maximum absolute atomic E-state index is 8.93. The molecular weight excluding hydrogens is 222 g/mol. The van der Waals surface area contributed by atoms with E-state index < -0.39 is 0 Å². The predicted molar refractivity (Wildman–Crippen MR) is 65.3 cm³/mol. The molecule has 0 aliphatic carbocycles. The van der Waals surface area contributed by atoms with Crippen LogP contribution in [0.3, 0.4) is 0 Å². The van der Waals surface area contributed by atoms with Crippen LogP contribution >= 0.6 is 11.3 Å². The minimum absolute atomic E-state index is 0.103. The van der Waals surface area contributed by atoms with Crippen molar-refractivity contribution in [2.75, 3.05) is 6.61 Å². The molecule has 0 bridgehead atoms. The Morgan fingerprint density at radius 2 is 2.50 bits per heavy atom. The zero-order valence-electron chi connectivity index (χ0n) is 9.10. The third kappa shape index (κ3) is 2.49. The smallest absolute Gasteiger partial charge is 0.0794 e. The van der Waals surface area contributed by atoms with Gasteiger partial charge in [-0.05, 0) is 18.4 Å². The first-order chi connectivity index (χ1) is 7.81. The van der Waals surface area contributed by atoms with Crippen LogP contribution in [0.15, 0.2) is 23.7 Å². The van der Waals surface area contributed by atoms with Crippen LogP contribution in [-0.2, 0) is 6.54 Å². The molecule has 0 aliphatic rings. The lowest BCUT2D eigenvalue weighted by atomic mass is 10.2. The number of aliphatic hydroxyl groups excluding tert-OH is 1. The van der Waals surface area contributed by atoms with Gasteiger partial charge >= 0.3 is 0 Å². The fourth-order valence-corrected chi connectivity index (χ4v) is 2.18. The number of thiophene rings is 1. The molecule has 2 aromatic rings. The first kappa shape index (κ1) is 11.3. The van der Waals surface area contributed by atoms with Crippen molar-refractivity contribution < 1.29 is 5.11 Å². The van der Waals surface area contributed by atoms with Crippen LogP contribution in [-0.4, -0.2) is 28.0 Å². The molecule has 3 N–H and O–H groups in total. The Hall–Kier alpha value is -1.17. The molecule has 0 saturated heterocycles. The van der Waals surface area contributed by atoms with E-state index in [2.05, 4.69) is 21.6 Å². The van der Waals surface area contributed by atoms with E-state index in [0.717, 1.165) is 11.3 Å². The van der Waals surface area contributed by atoms with Gasteiger partial charge in [0, 0.05) is 18.2 Å². The highest BCUT2D eigenvalue weighted by Gasteiger charge is 2.09. The Kier molecular flexibility index (Phi) is 3.71. The molecule has 0 unspecified atom stereocenters. The van der Waals surface area contributed by atoms with Gasteiger partial charge in [-0.2, -0.15) is 5.10 Å². The summed E-state index contributed by atoms with van der Waals surface area (Å²) in [6, 6.07) is 4.19. The van der Waals surface area contributed by atoms with Crippen molar-refractivity contribution in [3.8, 4) is 10.6 Å². The Morgan fingerprint density at radius 3 is 3.19 bits per heavy atom. The van der Waals surface area contributed by atoms with Gasteiger partial charge in [0.1, 0.15) is 0 Å². The number of aliphatic hydroxyl groups is 1. The van der Waals surface area contributed by atoms with Gasteiger partial charge in [0.25, 0.3) is 0 Å². The second kappa shape index (κ2) is 5.25. The van der Waals surface area contributed by atoms with Gasteiger partial charge in [-0.1, -0.05) is 6.07 Å². The first-order valence-electron chi connectivity index (χ1n) is 5.21. The third-order valence-electron chi connectivity index (χ3n) is 2.40. The summed E-state index contributed by atoms with van der Waals surface area (Å²) in [6.45, 7) is 2.81. The standard InChI is InChI=1S/C11H15N3OS/c1-8(7-15)12-5-9-6-13-14-11(9)10-3-2-4-16-10/h2-4,6,8,12,15H,5,7H2,1H3,(H,13,14)/t8-/m0/s1. The van der Waals surface area contributed by atoms with E-state index >= 15 is 0 Å². The van der Waals surface area contributed by atoms with Crippen LogP contribution in [0.5, 0.6) is 0 Å². The fourth-order valence-electron chi connectivity index (χ4n) is 1.43. The molecule has 0 radical (unpaired) electrons. The van der Waals surface area contributed by atoms with E-state index in [1.165, 1.54) is 4.88 Å². The number of hydrogen-bond acceptors (Lipinski definition) is 4. The number of H-pyrrole nitrogens is 1. The summed E-state index contributed by atoms with van der Waals surface area (Å²) >= 11 is 1.69. The number of hydrogen-bond donors (Lipinski definition) is 3. The first-order valence-corrected chi connectivity index (χ1v) is 6.09. The van der Waals surface area contributed by atoms with Crippen molar-refractivity contribution in [3.05, 3.63) is 29.3 Å². The molecule has 16 heavy (non-hydrogen) atoms. The van der Waals surface area contributed by atoms with E-state index in [1.54, 1.807) is 11.3 Å². The molecule has 0 amide bonds. The number of aromatic nitrogens is 2. The summed E-state index contributed by atoms with van der Waals surface area (Å²) in [6.07, 6.45) is 1.83. The Balaban J connectivity index is 2.08. The molecule has 0 fully saturated rings. The van der Waals surface area contributed by atoms with E-state index in [0.29, 0.717) is 6.54 Å². The van der Waals surface area contributed by atoms with Crippen molar-refractivity contribution in [2.24, 2.45) is 0 Å². The van der Waals surface area contributed by atoms with E-state index in [9.17, 15) is 0 Å². The Bertz CT molecular complexity index is 424. The van der Waals surface area contributed by atoms with Gasteiger partial charge in [0.2, 0.25) is 0 Å². The summed E-state index contributed by atoms with van der Waals surface area (Å²) in [5, 5.41) is 21.3. The molecular formula is C11H15N3OS. The van der Waals surface area contributed by atoms with Crippen LogP contribution in [0.2, 0.25) is 0 Å². The lowest BCUT2D eigenvalue weighted by molar-refractivity contribution is 0.251. The number of nitrogens with zero attached hydrogens (tertiary/aromatic N) is 1. The third-order valence-corrected chi connectivity index (χ3v) is 3.29. The summed E-state index contributed by atoms with van der Waals surface area (Å²) < 4.78 is 0. The average Bonchev–Trinajstić information content (AvgIpc) is 2.95. The van der Waals surface area contributed by atoms with Crippen molar-refractivity contribution in [3.63, 3.8) is 0 Å². The Labute approximate surface area is 98.3 Å². The lowest BCUT2D eigenvalue weighted by Gasteiger charge is -2.09. The van der Waals surface area contributed by atoms with Gasteiger partial charge in [0.05, 0.1) is 23.4 Å². The van der Waals surface area contributed by atoms with Gasteiger partial charge in [-0.25, -0.2) is 0 Å². The zero-order valence-corrected chi connectivity index (χ0v) is 9.92. The molecule has 0 aromatic carbocycles. The normalized spacial score (nSPS) is 12.9. The van der Waals surface area contributed by atoms with Gasteiger partial charge in [-0.3, -0.25) is 5.10 Å². The monoisotopic (exact) mass is 237 g/mol. The molecule has 86 valence electrons. The molecule has 2 rings (SSSR count). The fraction of sp³-hybridized carbons (Fsp3) is 0.364. The molecule has 2 aromatic heterocycles. The van der Waals surface area contributed by atoms with Crippen LogP contribution < -0.4 is 5.32 Å². The van der Waals surface area contributed by atoms with Crippen LogP contribution in [0.4, 0.5) is 0 Å². The molecule has 0 spiro atoms. The largest absolute Gasteiger partial charge is 0.395 e. The quantitative estimate of drug-likeness (QED) is 0.740. The number of aromatic amines is 1. The van der Waals surface area contributed by atoms with Crippen LogP contribution in [0.1, 0.15) is 12.5 Å². The van der Waals surface area contributed by atoms with Gasteiger partial charge in [-0.15, -0.1) is 11.3 Å². The van der Waals surface area contributed by atoms with Crippen LogP contribution in [0.25, 0.3) is 10.6 Å². The lowest BCUT2D eigenvalue weighted by Crippen LogP contribution is -2.28. The zero-order chi connectivity index (χ0) is 11.4. The van der Waals surface area contributed by atoms with Gasteiger partial charge < -0.3 is 10.4 Å². The van der Waals surface area contributed by atoms with Crippen molar-refractivity contribution in [1.82, 2.24) is 15.5 Å². The molecule has 0 saturated carbocycles. The summed E-state index contributed by atoms with van der Waals surface area (Å²) in [4.78, 5) is 1.19. The summed E-state index contributed by atoms with van der Waals surface area (Å²) in [7, 11) is 0. The molecule has 5 heteroatoms.